The minimum Gasteiger partial charge on any atom is -0.493 e. The van der Waals surface area contributed by atoms with Crippen molar-refractivity contribution < 1.29 is 19.2 Å². The fourth-order valence-electron chi connectivity index (χ4n) is 2.16. The van der Waals surface area contributed by atoms with Crippen LogP contribution in [0.1, 0.15) is 16.8 Å². The number of aldehydes is 1. The molecule has 0 unspecified atom stereocenters. The molecule has 0 atom stereocenters. The second-order valence-electron chi connectivity index (χ2n) is 4.61. The van der Waals surface area contributed by atoms with Crippen molar-refractivity contribution in [1.29, 1.82) is 0 Å². The monoisotopic (exact) mass is 284 g/mol. The largest absolute Gasteiger partial charge is 0.493 e. The van der Waals surface area contributed by atoms with Crippen molar-refractivity contribution in [3.8, 4) is 5.75 Å². The van der Waals surface area contributed by atoms with E-state index in [1.165, 1.54) is 0 Å². The Morgan fingerprint density at radius 3 is 2.89 bits per heavy atom. The molecular formula is C14H19ClNO3+. The van der Waals surface area contributed by atoms with Crippen molar-refractivity contribution in [2.24, 2.45) is 0 Å². The van der Waals surface area contributed by atoms with Crippen LogP contribution in [0.3, 0.4) is 0 Å². The van der Waals surface area contributed by atoms with E-state index in [1.807, 2.05) is 0 Å². The zero-order chi connectivity index (χ0) is 13.5. The summed E-state index contributed by atoms with van der Waals surface area (Å²) in [4.78, 5) is 12.5. The Morgan fingerprint density at radius 1 is 1.37 bits per heavy atom. The molecule has 0 bridgehead atoms. The van der Waals surface area contributed by atoms with Gasteiger partial charge in [0.25, 0.3) is 0 Å². The van der Waals surface area contributed by atoms with Crippen molar-refractivity contribution in [2.45, 2.75) is 6.42 Å². The first-order valence-electron chi connectivity index (χ1n) is 6.58. The lowest BCUT2D eigenvalue weighted by atomic mass is 10.2. The zero-order valence-corrected chi connectivity index (χ0v) is 11.6. The van der Waals surface area contributed by atoms with Crippen LogP contribution in [0.4, 0.5) is 0 Å². The fourth-order valence-corrected chi connectivity index (χ4v) is 2.34. The summed E-state index contributed by atoms with van der Waals surface area (Å²) in [7, 11) is 0. The highest BCUT2D eigenvalue weighted by molar-refractivity contribution is 6.30. The molecule has 0 radical (unpaired) electrons. The number of morpholine rings is 1. The second-order valence-corrected chi connectivity index (χ2v) is 5.05. The Morgan fingerprint density at radius 2 is 2.16 bits per heavy atom. The fraction of sp³-hybridized carbons (Fsp3) is 0.500. The van der Waals surface area contributed by atoms with Crippen molar-refractivity contribution in [2.75, 3.05) is 39.5 Å². The number of carbonyl (C=O) groups excluding carboxylic acids is 1. The van der Waals surface area contributed by atoms with E-state index >= 15 is 0 Å². The van der Waals surface area contributed by atoms with Gasteiger partial charge in [0.15, 0.2) is 6.29 Å². The standard InChI is InChI=1S/C14H18ClNO3/c15-13-2-3-14(12(10-13)11-17)19-7-1-4-16-5-8-18-9-6-16/h2-3,10-11H,1,4-9H2/p+1. The number of quaternary nitrogens is 1. The smallest absolute Gasteiger partial charge is 0.153 e. The molecule has 5 heteroatoms. The van der Waals surface area contributed by atoms with Crippen LogP contribution in [0.15, 0.2) is 18.2 Å². The summed E-state index contributed by atoms with van der Waals surface area (Å²) in [6.07, 6.45) is 1.74. The molecule has 1 saturated heterocycles. The molecule has 1 N–H and O–H groups in total. The maximum atomic E-state index is 10.9. The summed E-state index contributed by atoms with van der Waals surface area (Å²) < 4.78 is 11.0. The van der Waals surface area contributed by atoms with Gasteiger partial charge in [0.2, 0.25) is 0 Å². The van der Waals surface area contributed by atoms with Gasteiger partial charge in [0, 0.05) is 11.4 Å². The van der Waals surface area contributed by atoms with E-state index in [0.717, 1.165) is 45.6 Å². The number of benzene rings is 1. The van der Waals surface area contributed by atoms with Crippen LogP contribution in [0.5, 0.6) is 5.75 Å². The number of ether oxygens (including phenoxy) is 2. The highest BCUT2D eigenvalue weighted by Gasteiger charge is 2.13. The number of hydrogen-bond acceptors (Lipinski definition) is 3. The average molecular weight is 285 g/mol. The first-order valence-corrected chi connectivity index (χ1v) is 6.96. The van der Waals surface area contributed by atoms with Gasteiger partial charge in [-0.1, -0.05) is 11.6 Å². The lowest BCUT2D eigenvalue weighted by Crippen LogP contribution is -3.14. The van der Waals surface area contributed by atoms with Crippen LogP contribution in [0.25, 0.3) is 0 Å². The molecule has 1 aliphatic heterocycles. The van der Waals surface area contributed by atoms with Crippen molar-refractivity contribution >= 4 is 17.9 Å². The van der Waals surface area contributed by atoms with Crippen LogP contribution < -0.4 is 9.64 Å². The maximum absolute atomic E-state index is 10.9. The van der Waals surface area contributed by atoms with E-state index < -0.39 is 0 Å². The van der Waals surface area contributed by atoms with Gasteiger partial charge in [0.1, 0.15) is 18.8 Å². The summed E-state index contributed by atoms with van der Waals surface area (Å²) in [6.45, 7) is 5.53. The minimum atomic E-state index is 0.506. The van der Waals surface area contributed by atoms with Crippen LogP contribution in [0, 0.1) is 0 Å². The number of halogens is 1. The van der Waals surface area contributed by atoms with Gasteiger partial charge in [-0.05, 0) is 18.2 Å². The Kier molecular flexibility index (Phi) is 5.63. The van der Waals surface area contributed by atoms with E-state index in [1.54, 1.807) is 23.1 Å². The summed E-state index contributed by atoms with van der Waals surface area (Å²) >= 11 is 5.83. The van der Waals surface area contributed by atoms with Crippen molar-refractivity contribution in [3.63, 3.8) is 0 Å². The predicted octanol–water partition coefficient (Wildman–Crippen LogP) is 0.836. The van der Waals surface area contributed by atoms with Gasteiger partial charge < -0.3 is 14.4 Å². The lowest BCUT2D eigenvalue weighted by molar-refractivity contribution is -0.908. The zero-order valence-electron chi connectivity index (χ0n) is 10.9. The number of nitrogens with one attached hydrogen (secondary N) is 1. The predicted molar refractivity (Wildman–Crippen MR) is 73.3 cm³/mol. The maximum Gasteiger partial charge on any atom is 0.153 e. The summed E-state index contributed by atoms with van der Waals surface area (Å²) in [5.41, 5.74) is 0.506. The molecule has 19 heavy (non-hydrogen) atoms. The average Bonchev–Trinajstić information content (AvgIpc) is 2.46. The van der Waals surface area contributed by atoms with Gasteiger partial charge in [-0.25, -0.2) is 0 Å². The quantitative estimate of drug-likeness (QED) is 0.622. The van der Waals surface area contributed by atoms with Gasteiger partial charge in [-0.3, -0.25) is 4.79 Å². The molecule has 1 aromatic rings. The molecule has 1 aromatic carbocycles. The lowest BCUT2D eigenvalue weighted by Gasteiger charge is -2.23. The Labute approximate surface area is 118 Å². The molecule has 1 heterocycles. The molecular weight excluding hydrogens is 266 g/mol. The SMILES string of the molecule is O=Cc1cc(Cl)ccc1OCCC[NH+]1CCOCC1. The van der Waals surface area contributed by atoms with Gasteiger partial charge in [0.05, 0.1) is 31.9 Å². The molecule has 1 aliphatic rings. The Hall–Kier alpha value is -1.10. The molecule has 4 nitrogen and oxygen atoms in total. The van der Waals surface area contributed by atoms with E-state index in [9.17, 15) is 4.79 Å². The summed E-state index contributed by atoms with van der Waals surface area (Å²) in [6, 6.07) is 5.10. The Balaban J connectivity index is 1.74. The molecule has 0 spiro atoms. The molecule has 0 amide bonds. The second kappa shape index (κ2) is 7.48. The van der Waals surface area contributed by atoms with E-state index in [4.69, 9.17) is 21.1 Å². The van der Waals surface area contributed by atoms with Crippen LogP contribution in [0.2, 0.25) is 5.02 Å². The summed E-state index contributed by atoms with van der Waals surface area (Å²) in [5, 5.41) is 0.548. The van der Waals surface area contributed by atoms with E-state index in [2.05, 4.69) is 0 Å². The highest BCUT2D eigenvalue weighted by Crippen LogP contribution is 2.21. The van der Waals surface area contributed by atoms with E-state index in [-0.39, 0.29) is 0 Å². The first-order chi connectivity index (χ1) is 9.29. The molecule has 0 saturated carbocycles. The van der Waals surface area contributed by atoms with Gasteiger partial charge in [-0.2, -0.15) is 0 Å². The minimum absolute atomic E-state index is 0.506. The Bertz CT molecular complexity index is 419. The van der Waals surface area contributed by atoms with Gasteiger partial charge >= 0.3 is 0 Å². The van der Waals surface area contributed by atoms with Gasteiger partial charge in [-0.15, -0.1) is 0 Å². The molecule has 0 aromatic heterocycles. The van der Waals surface area contributed by atoms with Crippen LogP contribution >= 0.6 is 11.6 Å². The molecule has 2 rings (SSSR count). The number of carbonyl (C=O) groups is 1. The molecule has 0 aliphatic carbocycles. The third-order valence-corrected chi connectivity index (χ3v) is 3.47. The molecule has 104 valence electrons. The number of hydrogen-bond donors (Lipinski definition) is 1. The normalized spacial score (nSPS) is 16.3. The van der Waals surface area contributed by atoms with Crippen LogP contribution in [-0.2, 0) is 4.74 Å². The van der Waals surface area contributed by atoms with Crippen molar-refractivity contribution in [3.05, 3.63) is 28.8 Å². The third kappa shape index (κ3) is 4.49. The third-order valence-electron chi connectivity index (χ3n) is 3.23. The topological polar surface area (TPSA) is 40.0 Å². The summed E-state index contributed by atoms with van der Waals surface area (Å²) in [5.74, 6) is 0.608. The van der Waals surface area contributed by atoms with Crippen LogP contribution in [-0.4, -0.2) is 45.7 Å². The number of rotatable bonds is 6. The van der Waals surface area contributed by atoms with E-state index in [0.29, 0.717) is 22.9 Å². The van der Waals surface area contributed by atoms with Crippen molar-refractivity contribution in [1.82, 2.24) is 0 Å². The first kappa shape index (κ1) is 14.3. The molecule has 1 fully saturated rings. The highest BCUT2D eigenvalue weighted by atomic mass is 35.5.